The molecule has 8 heteroatoms. The number of carboxylic acid groups (broad SMARTS) is 1. The van der Waals surface area contributed by atoms with Crippen molar-refractivity contribution in [2.45, 2.75) is 17.4 Å². The third-order valence-corrected chi connectivity index (χ3v) is 5.33. The van der Waals surface area contributed by atoms with Gasteiger partial charge in [-0.3, -0.25) is 9.00 Å². The topological polar surface area (TPSA) is 102 Å². The lowest BCUT2D eigenvalue weighted by Gasteiger charge is -2.18. The standard InChI is InChI=1S/C19H19NO6S/c21-17(20-18(19(22)23)13-4-2-1-3-5-13)8-11-27(24)14-6-7-15-16(12-14)26-10-9-25-15/h1-7,12,18H,8-11H2,(H,20,21)(H,22,23)/t18-,27?/m1/s1. The van der Waals surface area contributed by atoms with Gasteiger partial charge in [-0.15, -0.1) is 0 Å². The SMILES string of the molecule is O=C(CCS(=O)c1ccc2c(c1)OCCO2)N[C@@H](C(=O)O)c1ccccc1. The molecule has 7 nitrogen and oxygen atoms in total. The van der Waals surface area contributed by atoms with Crippen molar-refractivity contribution in [3.63, 3.8) is 0 Å². The molecule has 1 unspecified atom stereocenters. The van der Waals surface area contributed by atoms with Crippen molar-refractivity contribution in [1.82, 2.24) is 5.32 Å². The molecule has 0 saturated heterocycles. The fourth-order valence-electron chi connectivity index (χ4n) is 2.63. The van der Waals surface area contributed by atoms with E-state index in [2.05, 4.69) is 5.32 Å². The van der Waals surface area contributed by atoms with Gasteiger partial charge in [-0.2, -0.15) is 0 Å². The third kappa shape index (κ3) is 4.85. The van der Waals surface area contributed by atoms with Gasteiger partial charge in [0.25, 0.3) is 0 Å². The first-order valence-corrected chi connectivity index (χ1v) is 9.71. The second-order valence-corrected chi connectivity index (χ2v) is 7.43. The second-order valence-electron chi connectivity index (χ2n) is 5.85. The number of carbonyl (C=O) groups is 2. The maximum absolute atomic E-state index is 12.4. The molecule has 2 aromatic carbocycles. The van der Waals surface area contributed by atoms with Crippen LogP contribution >= 0.6 is 0 Å². The summed E-state index contributed by atoms with van der Waals surface area (Å²) in [6, 6.07) is 12.3. The van der Waals surface area contributed by atoms with Gasteiger partial charge in [-0.25, -0.2) is 4.79 Å². The Balaban J connectivity index is 1.58. The first-order valence-electron chi connectivity index (χ1n) is 8.40. The normalized spacial score (nSPS) is 14.8. The number of fused-ring (bicyclic) bond motifs is 1. The minimum Gasteiger partial charge on any atom is -0.486 e. The molecule has 1 heterocycles. The molecular formula is C19H19NO6S. The van der Waals surface area contributed by atoms with Crippen LogP contribution in [0.3, 0.4) is 0 Å². The van der Waals surface area contributed by atoms with Crippen LogP contribution in [-0.2, 0) is 20.4 Å². The number of amides is 1. The molecule has 2 N–H and O–H groups in total. The van der Waals surface area contributed by atoms with Gasteiger partial charge in [0, 0.05) is 23.1 Å². The van der Waals surface area contributed by atoms with Crippen molar-refractivity contribution >= 4 is 22.7 Å². The quantitative estimate of drug-likeness (QED) is 0.750. The maximum Gasteiger partial charge on any atom is 0.330 e. The first kappa shape index (κ1) is 18.9. The molecule has 1 aliphatic rings. The number of hydrogen-bond acceptors (Lipinski definition) is 5. The predicted octanol–water partition coefficient (Wildman–Crippen LogP) is 1.90. The molecular weight excluding hydrogens is 370 g/mol. The summed E-state index contributed by atoms with van der Waals surface area (Å²) in [4.78, 5) is 24.1. The Morgan fingerprint density at radius 2 is 1.78 bits per heavy atom. The average molecular weight is 389 g/mol. The van der Waals surface area contributed by atoms with Crippen molar-refractivity contribution in [1.29, 1.82) is 0 Å². The lowest BCUT2D eigenvalue weighted by molar-refractivity contribution is -0.142. The van der Waals surface area contributed by atoms with Crippen LogP contribution in [0.25, 0.3) is 0 Å². The van der Waals surface area contributed by atoms with Crippen LogP contribution in [0.5, 0.6) is 11.5 Å². The number of rotatable bonds is 7. The summed E-state index contributed by atoms with van der Waals surface area (Å²) >= 11 is 0. The number of aliphatic carboxylic acids is 1. The van der Waals surface area contributed by atoms with Gasteiger partial charge in [-0.05, 0) is 17.7 Å². The zero-order valence-electron chi connectivity index (χ0n) is 14.4. The third-order valence-electron chi connectivity index (χ3n) is 3.98. The minimum atomic E-state index is -1.42. The lowest BCUT2D eigenvalue weighted by Crippen LogP contribution is -2.34. The van der Waals surface area contributed by atoms with Crippen LogP contribution in [0.4, 0.5) is 0 Å². The number of ether oxygens (including phenoxy) is 2. The monoisotopic (exact) mass is 389 g/mol. The van der Waals surface area contributed by atoms with Crippen LogP contribution in [-0.4, -0.2) is 40.2 Å². The number of hydrogen-bond donors (Lipinski definition) is 2. The highest BCUT2D eigenvalue weighted by Crippen LogP contribution is 2.31. The Morgan fingerprint density at radius 1 is 1.07 bits per heavy atom. The highest BCUT2D eigenvalue weighted by atomic mass is 32.2. The smallest absolute Gasteiger partial charge is 0.330 e. The highest BCUT2D eigenvalue weighted by Gasteiger charge is 2.22. The van der Waals surface area contributed by atoms with Gasteiger partial charge in [0.05, 0.1) is 10.8 Å². The molecule has 0 aliphatic carbocycles. The Kier molecular flexibility index (Phi) is 6.08. The van der Waals surface area contributed by atoms with Crippen LogP contribution < -0.4 is 14.8 Å². The van der Waals surface area contributed by atoms with Crippen molar-refractivity contribution in [2.75, 3.05) is 19.0 Å². The Morgan fingerprint density at radius 3 is 2.48 bits per heavy atom. The molecule has 2 atom stereocenters. The van der Waals surface area contributed by atoms with Crippen LogP contribution in [0, 0.1) is 0 Å². The van der Waals surface area contributed by atoms with E-state index in [-0.39, 0.29) is 12.2 Å². The predicted molar refractivity (Wildman–Crippen MR) is 98.3 cm³/mol. The van der Waals surface area contributed by atoms with E-state index in [1.807, 2.05) is 0 Å². The molecule has 27 heavy (non-hydrogen) atoms. The molecule has 0 radical (unpaired) electrons. The zero-order chi connectivity index (χ0) is 19.2. The van der Waals surface area contributed by atoms with Crippen LogP contribution in [0.2, 0.25) is 0 Å². The first-order chi connectivity index (χ1) is 13.0. The molecule has 2 aromatic rings. The summed E-state index contributed by atoms with van der Waals surface area (Å²) in [6.45, 7) is 0.906. The molecule has 0 aromatic heterocycles. The minimum absolute atomic E-state index is 0.0579. The molecule has 0 spiro atoms. The Hall–Kier alpha value is -2.87. The Labute approximate surface area is 158 Å². The second kappa shape index (κ2) is 8.68. The van der Waals surface area contributed by atoms with E-state index < -0.39 is 28.7 Å². The summed E-state index contributed by atoms with van der Waals surface area (Å²) in [6.07, 6.45) is -0.0579. The summed E-state index contributed by atoms with van der Waals surface area (Å²) in [5, 5.41) is 11.8. The van der Waals surface area contributed by atoms with E-state index in [9.17, 15) is 18.9 Å². The number of carboxylic acids is 1. The van der Waals surface area contributed by atoms with Gasteiger partial charge < -0.3 is 19.9 Å². The van der Waals surface area contributed by atoms with E-state index in [0.717, 1.165) is 0 Å². The van der Waals surface area contributed by atoms with Crippen LogP contribution in [0.1, 0.15) is 18.0 Å². The van der Waals surface area contributed by atoms with Gasteiger partial charge in [0.2, 0.25) is 5.91 Å². The Bertz CT molecular complexity index is 855. The zero-order valence-corrected chi connectivity index (χ0v) is 15.2. The summed E-state index contributed by atoms with van der Waals surface area (Å²) in [5.74, 6) is -0.412. The van der Waals surface area contributed by atoms with Gasteiger partial charge in [0.15, 0.2) is 17.5 Å². The van der Waals surface area contributed by atoms with Crippen molar-refractivity contribution in [3.8, 4) is 11.5 Å². The van der Waals surface area contributed by atoms with Crippen molar-refractivity contribution in [2.24, 2.45) is 0 Å². The van der Waals surface area contributed by atoms with Crippen molar-refractivity contribution in [3.05, 3.63) is 54.1 Å². The van der Waals surface area contributed by atoms with E-state index in [0.29, 0.717) is 35.2 Å². The fraction of sp³-hybridized carbons (Fsp3) is 0.263. The molecule has 3 rings (SSSR count). The van der Waals surface area contributed by atoms with E-state index in [4.69, 9.17) is 9.47 Å². The van der Waals surface area contributed by atoms with Crippen molar-refractivity contribution < 1.29 is 28.4 Å². The molecule has 0 saturated carbocycles. The fourth-order valence-corrected chi connectivity index (χ4v) is 3.70. The molecule has 142 valence electrons. The van der Waals surface area contributed by atoms with Gasteiger partial charge in [0.1, 0.15) is 13.2 Å². The number of carbonyl (C=O) groups excluding carboxylic acids is 1. The summed E-state index contributed by atoms with van der Waals surface area (Å²) in [5.41, 5.74) is 0.478. The largest absolute Gasteiger partial charge is 0.486 e. The van der Waals surface area contributed by atoms with E-state index in [1.165, 1.54) is 0 Å². The van der Waals surface area contributed by atoms with E-state index >= 15 is 0 Å². The summed E-state index contributed by atoms with van der Waals surface area (Å²) in [7, 11) is -1.42. The maximum atomic E-state index is 12.4. The molecule has 1 amide bonds. The molecule has 1 aliphatic heterocycles. The highest BCUT2D eigenvalue weighted by molar-refractivity contribution is 7.85. The molecule has 0 fully saturated rings. The van der Waals surface area contributed by atoms with Gasteiger partial charge >= 0.3 is 5.97 Å². The summed E-state index contributed by atoms with van der Waals surface area (Å²) < 4.78 is 23.3. The molecule has 0 bridgehead atoms. The lowest BCUT2D eigenvalue weighted by atomic mass is 10.1. The van der Waals surface area contributed by atoms with Crippen LogP contribution in [0.15, 0.2) is 53.4 Å². The average Bonchev–Trinajstić information content (AvgIpc) is 2.70. The van der Waals surface area contributed by atoms with E-state index in [1.54, 1.807) is 48.5 Å². The number of benzene rings is 2. The van der Waals surface area contributed by atoms with Gasteiger partial charge in [-0.1, -0.05) is 30.3 Å². The number of nitrogens with one attached hydrogen (secondary N) is 1.